The minimum Gasteiger partial charge on any atom is -0.381 e. The molecule has 0 radical (unpaired) electrons. The topological polar surface area (TPSA) is 89.3 Å². The van der Waals surface area contributed by atoms with Crippen LogP contribution >= 0.6 is 23.4 Å². The van der Waals surface area contributed by atoms with Crippen molar-refractivity contribution in [2.45, 2.75) is 75.9 Å². The highest BCUT2D eigenvalue weighted by Gasteiger charge is 2.35. The molecule has 1 aliphatic carbocycles. The molecule has 4 N–H and O–H groups in total. The maximum Gasteiger partial charge on any atom is 0.251 e. The number of likely N-dealkylation sites (tertiary alicyclic amines) is 1. The molecule has 0 saturated carbocycles. The van der Waals surface area contributed by atoms with Gasteiger partial charge < -0.3 is 30.9 Å². The summed E-state index contributed by atoms with van der Waals surface area (Å²) in [5, 5.41) is 7.83. The second-order valence-corrected chi connectivity index (χ2v) is 20.6. The molecule has 4 aromatic rings. The first kappa shape index (κ1) is 46.7. The number of carbonyl (C=O) groups excluding carboxylic acids is 1. The highest BCUT2D eigenvalue weighted by atomic mass is 35.5. The zero-order valence-electron chi connectivity index (χ0n) is 38.2. The number of piperazine rings is 1. The number of amides is 1. The molecule has 8 rings (SSSR count). The predicted molar refractivity (Wildman–Crippen MR) is 268 cm³/mol. The number of rotatable bonds is 17. The number of carbonyl (C=O) groups is 1. The summed E-state index contributed by atoms with van der Waals surface area (Å²) in [7, 11) is 0. The Balaban J connectivity index is 0.824. The maximum absolute atomic E-state index is 13.4. The Morgan fingerprint density at radius 3 is 2.41 bits per heavy atom. The molecule has 64 heavy (non-hydrogen) atoms. The summed E-state index contributed by atoms with van der Waals surface area (Å²) in [5.41, 5.74) is 16.3. The molecule has 11 heteroatoms. The summed E-state index contributed by atoms with van der Waals surface area (Å²) in [6, 6.07) is 34.4. The number of nitrogens with zero attached hydrogens (tertiary/aromatic N) is 4. The Kier molecular flexibility index (Phi) is 16.4. The number of hydrogen-bond donors (Lipinski definition) is 3. The van der Waals surface area contributed by atoms with Crippen molar-refractivity contribution in [2.24, 2.45) is 11.1 Å². The van der Waals surface area contributed by atoms with E-state index in [0.29, 0.717) is 24.2 Å². The third-order valence-electron chi connectivity index (χ3n) is 13.9. The van der Waals surface area contributed by atoms with Crippen molar-refractivity contribution in [2.75, 3.05) is 101 Å². The van der Waals surface area contributed by atoms with E-state index in [9.17, 15) is 4.79 Å². The lowest BCUT2D eigenvalue weighted by molar-refractivity contribution is 0.0370. The normalized spacial score (nSPS) is 22.1. The van der Waals surface area contributed by atoms with Gasteiger partial charge in [0.1, 0.15) is 0 Å². The van der Waals surface area contributed by atoms with Crippen LogP contribution in [0, 0.1) is 12.3 Å². The molecule has 0 aromatic heterocycles. The summed E-state index contributed by atoms with van der Waals surface area (Å²) < 4.78 is 5.58. The van der Waals surface area contributed by atoms with Crippen molar-refractivity contribution in [3.05, 3.63) is 130 Å². The van der Waals surface area contributed by atoms with Gasteiger partial charge in [-0.25, -0.2) is 0 Å². The summed E-state index contributed by atoms with van der Waals surface area (Å²) >= 11 is 8.23. The molecule has 1 amide bonds. The molecule has 3 atom stereocenters. The number of nitrogens with one attached hydrogen (secondary N) is 2. The third-order valence-corrected chi connectivity index (χ3v) is 15.3. The number of piperidine rings is 1. The Bertz CT molecular complexity index is 2140. The van der Waals surface area contributed by atoms with E-state index in [1.54, 1.807) is 5.57 Å². The molecule has 3 heterocycles. The number of aryl methyl sites for hydroxylation is 1. The first-order chi connectivity index (χ1) is 31.1. The Hall–Kier alpha value is -3.87. The lowest BCUT2D eigenvalue weighted by Gasteiger charge is -2.44. The van der Waals surface area contributed by atoms with E-state index in [-0.39, 0.29) is 11.3 Å². The van der Waals surface area contributed by atoms with Gasteiger partial charge in [-0.2, -0.15) is 0 Å². The number of thioether (sulfide) groups is 1. The van der Waals surface area contributed by atoms with E-state index in [2.05, 4.69) is 117 Å². The molecule has 0 bridgehead atoms. The van der Waals surface area contributed by atoms with Crippen LogP contribution in [0.4, 0.5) is 11.4 Å². The van der Waals surface area contributed by atoms with Gasteiger partial charge >= 0.3 is 0 Å². The number of halogens is 1. The minimum atomic E-state index is -0.0512. The van der Waals surface area contributed by atoms with E-state index in [0.717, 1.165) is 126 Å². The van der Waals surface area contributed by atoms with Gasteiger partial charge in [-0.1, -0.05) is 66.6 Å². The molecule has 3 fully saturated rings. The quantitative estimate of drug-likeness (QED) is 0.0899. The molecule has 4 aromatic carbocycles. The van der Waals surface area contributed by atoms with Crippen LogP contribution in [0.2, 0.25) is 5.02 Å². The van der Waals surface area contributed by atoms with Crippen LogP contribution in [0.5, 0.6) is 0 Å². The van der Waals surface area contributed by atoms with Gasteiger partial charge in [0.2, 0.25) is 0 Å². The van der Waals surface area contributed by atoms with Crippen molar-refractivity contribution < 1.29 is 9.53 Å². The number of hydrogen-bond acceptors (Lipinski definition) is 9. The third kappa shape index (κ3) is 13.1. The number of ether oxygens (including phenoxy) is 1. The lowest BCUT2D eigenvalue weighted by Crippen LogP contribution is -2.49. The summed E-state index contributed by atoms with van der Waals surface area (Å²) in [6.07, 6.45) is 6.83. The summed E-state index contributed by atoms with van der Waals surface area (Å²) in [6.45, 7) is 18.1. The molecule has 9 nitrogen and oxygen atoms in total. The average molecular weight is 905 g/mol. The van der Waals surface area contributed by atoms with Gasteiger partial charge in [-0.05, 0) is 134 Å². The van der Waals surface area contributed by atoms with Crippen molar-refractivity contribution in [1.29, 1.82) is 0 Å². The molecule has 3 aliphatic heterocycles. The van der Waals surface area contributed by atoms with Crippen LogP contribution in [-0.4, -0.2) is 124 Å². The Labute approximate surface area is 392 Å². The fourth-order valence-corrected chi connectivity index (χ4v) is 11.3. The number of nitrogens with two attached hydrogens (primary N) is 1. The summed E-state index contributed by atoms with van der Waals surface area (Å²) in [4.78, 5) is 24.9. The van der Waals surface area contributed by atoms with Gasteiger partial charge in [-0.3, -0.25) is 14.6 Å². The van der Waals surface area contributed by atoms with E-state index >= 15 is 0 Å². The molecular weight excluding hydrogens is 834 g/mol. The van der Waals surface area contributed by atoms with Gasteiger partial charge in [0.15, 0.2) is 0 Å². The number of anilines is 2. The van der Waals surface area contributed by atoms with E-state index < -0.39 is 0 Å². The second-order valence-electron chi connectivity index (χ2n) is 19.1. The number of allylic oxidation sites excluding steroid dienone is 1. The van der Waals surface area contributed by atoms with Crippen LogP contribution in [-0.2, 0) is 11.3 Å². The van der Waals surface area contributed by atoms with Gasteiger partial charge in [0.25, 0.3) is 5.91 Å². The zero-order chi connectivity index (χ0) is 44.3. The first-order valence-electron chi connectivity index (χ1n) is 23.8. The van der Waals surface area contributed by atoms with Crippen molar-refractivity contribution in [3.63, 3.8) is 0 Å². The fourth-order valence-electron chi connectivity index (χ4n) is 10.2. The zero-order valence-corrected chi connectivity index (χ0v) is 39.8. The SMILES string of the molecule is Cc1cc(CNC(=O)c2ccc(N3CCN(CC4=C(c5ccc(Cl)cc5)CCC(C)(CN5CCC[C@@H](N)C5)C4)CC3)cc2)ccc1N[C@H](CCN1CCOCC1)CSc1ccccc1. The highest BCUT2D eigenvalue weighted by molar-refractivity contribution is 7.99. The fraction of sp³-hybridized carbons (Fsp3) is 0.491. The second kappa shape index (κ2) is 22.6. The Morgan fingerprint density at radius 1 is 0.906 bits per heavy atom. The lowest BCUT2D eigenvalue weighted by atomic mass is 9.71. The number of morpholine rings is 1. The van der Waals surface area contributed by atoms with E-state index in [1.165, 1.54) is 46.7 Å². The molecule has 4 aliphatic rings. The van der Waals surface area contributed by atoms with E-state index in [4.69, 9.17) is 22.1 Å². The van der Waals surface area contributed by atoms with Crippen LogP contribution in [0.1, 0.15) is 72.5 Å². The predicted octanol–water partition coefficient (Wildman–Crippen LogP) is 9.06. The van der Waals surface area contributed by atoms with Crippen molar-refractivity contribution in [3.8, 4) is 0 Å². The largest absolute Gasteiger partial charge is 0.381 e. The van der Waals surface area contributed by atoms with Gasteiger partial charge in [-0.15, -0.1) is 11.8 Å². The van der Waals surface area contributed by atoms with Crippen LogP contribution < -0.4 is 21.3 Å². The standard InChI is InChI=1S/C53H70ClN7O2S/c1-40-33-41(10-19-51(40)57-47(21-24-58-29-31-63-32-30-58)38-64-49-8-4-3-5-9-49)35-56-52(62)43-13-17-48(18-14-43)61-27-25-59(26-28-61)36-44-34-53(2,39-60-23-6-7-46(55)37-60)22-20-50(44)42-11-15-45(54)16-12-42/h3-5,8-19,33,46-47,57H,6-7,20-32,34-39,55H2,1-2H3,(H,56,62)/t46-,47-,53?/m1/s1. The Morgan fingerprint density at radius 2 is 1.67 bits per heavy atom. The van der Waals surface area contributed by atoms with Gasteiger partial charge in [0, 0.05) is 117 Å². The molecular formula is C53H70ClN7O2S. The van der Waals surface area contributed by atoms with E-state index in [1.807, 2.05) is 36.0 Å². The average Bonchev–Trinajstić information content (AvgIpc) is 3.31. The molecule has 3 saturated heterocycles. The van der Waals surface area contributed by atoms with Crippen LogP contribution in [0.3, 0.4) is 0 Å². The summed E-state index contributed by atoms with van der Waals surface area (Å²) in [5.74, 6) is 0.936. The molecule has 1 unspecified atom stereocenters. The maximum atomic E-state index is 13.4. The highest BCUT2D eigenvalue weighted by Crippen LogP contribution is 2.44. The number of benzene rings is 4. The first-order valence-corrected chi connectivity index (χ1v) is 25.2. The van der Waals surface area contributed by atoms with Crippen LogP contribution in [0.15, 0.2) is 108 Å². The van der Waals surface area contributed by atoms with Crippen molar-refractivity contribution in [1.82, 2.24) is 20.0 Å². The van der Waals surface area contributed by atoms with Gasteiger partial charge in [0.05, 0.1) is 13.2 Å². The monoisotopic (exact) mass is 904 g/mol. The molecule has 342 valence electrons. The smallest absolute Gasteiger partial charge is 0.251 e. The van der Waals surface area contributed by atoms with Crippen LogP contribution in [0.25, 0.3) is 5.57 Å². The van der Waals surface area contributed by atoms with Crippen molar-refractivity contribution >= 4 is 46.2 Å². The minimum absolute atomic E-state index is 0.0512. The molecule has 0 spiro atoms.